The number of nitrogens with one attached hydrogen (secondary N) is 2. The van der Waals surface area contributed by atoms with Crippen molar-refractivity contribution in [2.75, 3.05) is 57.8 Å². The molecule has 9 nitrogen and oxygen atoms in total. The predicted molar refractivity (Wildman–Crippen MR) is 156 cm³/mol. The van der Waals surface area contributed by atoms with Crippen molar-refractivity contribution in [2.24, 2.45) is 0 Å². The fourth-order valence-corrected chi connectivity index (χ4v) is 6.02. The number of likely N-dealkylation sites (tertiary alicyclic amines) is 1. The van der Waals surface area contributed by atoms with E-state index in [1.807, 2.05) is 24.8 Å². The van der Waals surface area contributed by atoms with Crippen LogP contribution in [0.5, 0.6) is 0 Å². The third-order valence-electron chi connectivity index (χ3n) is 8.28. The van der Waals surface area contributed by atoms with Gasteiger partial charge in [0.25, 0.3) is 0 Å². The third-order valence-corrected chi connectivity index (χ3v) is 8.28. The quantitative estimate of drug-likeness (QED) is 0.329. The zero-order valence-corrected chi connectivity index (χ0v) is 22.5. The van der Waals surface area contributed by atoms with Crippen LogP contribution in [0.15, 0.2) is 49.1 Å². The molecule has 0 radical (unpaired) electrons. The van der Waals surface area contributed by atoms with Gasteiger partial charge in [0.2, 0.25) is 0 Å². The predicted octanol–water partition coefficient (Wildman–Crippen LogP) is 4.34. The molecule has 0 unspecified atom stereocenters. The molecule has 0 aromatic carbocycles. The van der Waals surface area contributed by atoms with Crippen molar-refractivity contribution < 1.29 is 0 Å². The molecule has 2 aliphatic heterocycles. The molecular formula is C30H35N9. The number of anilines is 1. The van der Waals surface area contributed by atoms with Gasteiger partial charge in [-0.05, 0) is 82.2 Å². The third kappa shape index (κ3) is 4.88. The molecule has 5 aromatic rings. The summed E-state index contributed by atoms with van der Waals surface area (Å²) in [5.74, 6) is 0. The number of nitrogens with zero attached hydrogens (tertiary/aromatic N) is 7. The molecule has 0 atom stereocenters. The second-order valence-corrected chi connectivity index (χ2v) is 11.0. The van der Waals surface area contributed by atoms with E-state index >= 15 is 0 Å². The van der Waals surface area contributed by atoms with E-state index in [4.69, 9.17) is 4.98 Å². The van der Waals surface area contributed by atoms with E-state index in [1.54, 1.807) is 0 Å². The van der Waals surface area contributed by atoms with Crippen molar-refractivity contribution >= 4 is 27.6 Å². The highest BCUT2D eigenvalue weighted by atomic mass is 15.2. The first-order chi connectivity index (χ1) is 19.2. The van der Waals surface area contributed by atoms with Crippen LogP contribution in [-0.2, 0) is 6.42 Å². The van der Waals surface area contributed by atoms with Crippen molar-refractivity contribution in [1.29, 1.82) is 0 Å². The molecule has 2 N–H and O–H groups in total. The van der Waals surface area contributed by atoms with Gasteiger partial charge in [0, 0.05) is 66.8 Å². The average Bonchev–Trinajstić information content (AvgIpc) is 3.73. The van der Waals surface area contributed by atoms with Gasteiger partial charge in [-0.15, -0.1) is 0 Å². The number of hydrogen-bond acceptors (Lipinski definition) is 7. The summed E-state index contributed by atoms with van der Waals surface area (Å²) >= 11 is 0. The Morgan fingerprint density at radius 1 is 0.897 bits per heavy atom. The van der Waals surface area contributed by atoms with Gasteiger partial charge >= 0.3 is 0 Å². The maximum absolute atomic E-state index is 4.74. The number of aromatic amines is 2. The number of likely N-dealkylation sites (N-methyl/N-ethyl adjacent to an activating group) is 1. The topological polar surface area (TPSA) is 92.9 Å². The Hall–Kier alpha value is -3.82. The Labute approximate surface area is 228 Å². The van der Waals surface area contributed by atoms with Crippen molar-refractivity contribution in [2.45, 2.75) is 25.7 Å². The number of H-pyrrole nitrogens is 2. The zero-order valence-electron chi connectivity index (χ0n) is 22.5. The van der Waals surface area contributed by atoms with Gasteiger partial charge in [-0.25, -0.2) is 4.98 Å². The second kappa shape index (κ2) is 10.4. The summed E-state index contributed by atoms with van der Waals surface area (Å²) in [6.45, 7) is 7.83. The molecule has 200 valence electrons. The molecule has 2 fully saturated rings. The van der Waals surface area contributed by atoms with E-state index in [0.717, 1.165) is 83.6 Å². The minimum Gasteiger partial charge on any atom is -0.368 e. The number of hydrogen-bond donors (Lipinski definition) is 2. The lowest BCUT2D eigenvalue weighted by Gasteiger charge is -2.34. The summed E-state index contributed by atoms with van der Waals surface area (Å²) in [6.07, 6.45) is 12.5. The van der Waals surface area contributed by atoms with Gasteiger partial charge in [-0.1, -0.05) is 0 Å². The lowest BCUT2D eigenvalue weighted by molar-refractivity contribution is 0.313. The SMILES string of the molecule is CN1CCN(c2ccnc3[nH]c(-c4n[nH]c5cnc(-c6cncc(CCCN7CCCC7)c6)cc45)cc23)CC1. The molecule has 2 saturated heterocycles. The van der Waals surface area contributed by atoms with E-state index in [2.05, 4.69) is 71.2 Å². The van der Waals surface area contributed by atoms with Gasteiger partial charge in [-0.2, -0.15) is 5.10 Å². The van der Waals surface area contributed by atoms with E-state index in [9.17, 15) is 0 Å². The van der Waals surface area contributed by atoms with Crippen LogP contribution in [0.1, 0.15) is 24.8 Å². The number of pyridine rings is 3. The molecule has 5 aromatic heterocycles. The lowest BCUT2D eigenvalue weighted by atomic mass is 10.1. The van der Waals surface area contributed by atoms with Gasteiger partial charge in [-0.3, -0.25) is 15.1 Å². The Kier molecular flexibility index (Phi) is 6.46. The summed E-state index contributed by atoms with van der Waals surface area (Å²) in [5, 5.41) is 10.0. The molecule has 9 heteroatoms. The highest BCUT2D eigenvalue weighted by Crippen LogP contribution is 2.34. The fourth-order valence-electron chi connectivity index (χ4n) is 6.02. The van der Waals surface area contributed by atoms with Crippen LogP contribution in [0.3, 0.4) is 0 Å². The van der Waals surface area contributed by atoms with Crippen molar-refractivity contribution in [3.8, 4) is 22.6 Å². The first-order valence-corrected chi connectivity index (χ1v) is 14.1. The molecule has 39 heavy (non-hydrogen) atoms. The van der Waals surface area contributed by atoms with E-state index < -0.39 is 0 Å². The number of aromatic nitrogens is 6. The van der Waals surface area contributed by atoms with Crippen LogP contribution in [0.2, 0.25) is 0 Å². The van der Waals surface area contributed by atoms with E-state index in [0.29, 0.717) is 0 Å². The van der Waals surface area contributed by atoms with Crippen molar-refractivity contribution in [3.05, 3.63) is 54.6 Å². The molecule has 0 bridgehead atoms. The van der Waals surface area contributed by atoms with E-state index in [-0.39, 0.29) is 0 Å². The highest BCUT2D eigenvalue weighted by molar-refractivity contribution is 5.99. The summed E-state index contributed by atoms with van der Waals surface area (Å²) in [7, 11) is 2.18. The van der Waals surface area contributed by atoms with Gasteiger partial charge < -0.3 is 19.7 Å². The minimum atomic E-state index is 0.880. The maximum Gasteiger partial charge on any atom is 0.139 e. The Balaban J connectivity index is 1.17. The first kappa shape index (κ1) is 24.2. The summed E-state index contributed by atoms with van der Waals surface area (Å²) in [4.78, 5) is 24.8. The van der Waals surface area contributed by atoms with Crippen molar-refractivity contribution in [3.63, 3.8) is 0 Å². The van der Waals surface area contributed by atoms with Gasteiger partial charge in [0.15, 0.2) is 0 Å². The van der Waals surface area contributed by atoms with Gasteiger partial charge in [0.05, 0.1) is 23.1 Å². The Morgan fingerprint density at radius 2 is 1.77 bits per heavy atom. The average molecular weight is 522 g/mol. The molecule has 0 saturated carbocycles. The summed E-state index contributed by atoms with van der Waals surface area (Å²) in [5.41, 5.74) is 8.07. The standard InChI is InChI=1S/C30H35N9/c1-37-11-13-39(14-12-37)28-6-7-32-30-24(28)17-26(34-30)29-23-16-25(33-20-27(23)35-36-29)22-15-21(18-31-19-22)5-4-10-38-8-2-3-9-38/h6-7,15-20H,2-5,8-14H2,1H3,(H,32,34)(H,35,36). The van der Waals surface area contributed by atoms with Crippen LogP contribution in [-0.4, -0.2) is 92.8 Å². The normalized spacial score (nSPS) is 17.1. The lowest BCUT2D eigenvalue weighted by Crippen LogP contribution is -2.44. The molecule has 7 rings (SSSR count). The molecule has 2 aliphatic rings. The number of piperazine rings is 1. The highest BCUT2D eigenvalue weighted by Gasteiger charge is 2.20. The largest absolute Gasteiger partial charge is 0.368 e. The summed E-state index contributed by atoms with van der Waals surface area (Å²) in [6, 6.07) is 8.68. The second-order valence-electron chi connectivity index (χ2n) is 11.0. The number of fused-ring (bicyclic) bond motifs is 2. The molecular weight excluding hydrogens is 486 g/mol. The Bertz CT molecular complexity index is 1590. The van der Waals surface area contributed by atoms with Crippen LogP contribution in [0, 0.1) is 0 Å². The van der Waals surface area contributed by atoms with Crippen LogP contribution in [0.4, 0.5) is 5.69 Å². The van der Waals surface area contributed by atoms with Crippen molar-refractivity contribution in [1.82, 2.24) is 39.9 Å². The Morgan fingerprint density at radius 3 is 2.64 bits per heavy atom. The molecule has 0 aliphatic carbocycles. The number of aryl methyl sites for hydroxylation is 1. The molecule has 7 heterocycles. The van der Waals surface area contributed by atoms with Crippen LogP contribution in [0.25, 0.3) is 44.6 Å². The fraction of sp³-hybridized carbons (Fsp3) is 0.400. The van der Waals surface area contributed by atoms with Gasteiger partial charge in [0.1, 0.15) is 11.3 Å². The first-order valence-electron chi connectivity index (χ1n) is 14.1. The minimum absolute atomic E-state index is 0.880. The van der Waals surface area contributed by atoms with Crippen LogP contribution >= 0.6 is 0 Å². The monoisotopic (exact) mass is 521 g/mol. The molecule has 0 amide bonds. The summed E-state index contributed by atoms with van der Waals surface area (Å²) < 4.78 is 0. The maximum atomic E-state index is 4.74. The van der Waals surface area contributed by atoms with E-state index in [1.165, 1.54) is 43.7 Å². The number of rotatable bonds is 7. The smallest absolute Gasteiger partial charge is 0.139 e. The van der Waals surface area contributed by atoms with Crippen LogP contribution < -0.4 is 4.90 Å². The molecule has 0 spiro atoms. The zero-order chi connectivity index (χ0) is 26.2.